The largest absolute Gasteiger partial charge is 0.444 e. The summed E-state index contributed by atoms with van der Waals surface area (Å²) in [4.78, 5) is 23.9. The van der Waals surface area contributed by atoms with Gasteiger partial charge in [0.15, 0.2) is 5.96 Å². The Balaban J connectivity index is 0.00000392. The zero-order valence-electron chi connectivity index (χ0n) is 17.6. The first-order valence-corrected chi connectivity index (χ1v) is 10.5. The molecule has 1 aromatic heterocycles. The number of rotatable bonds is 5. The molecule has 0 unspecified atom stereocenters. The number of guanidine groups is 1. The molecule has 2 rings (SSSR count). The minimum absolute atomic E-state index is 0. The highest BCUT2D eigenvalue weighted by molar-refractivity contribution is 14.0. The maximum Gasteiger partial charge on any atom is 0.410 e. The molecule has 1 aliphatic rings. The number of aliphatic imine (C=N–C) groups is 1. The zero-order valence-corrected chi connectivity index (χ0v) is 20.7. The fourth-order valence-corrected chi connectivity index (χ4v) is 3.66. The smallest absolute Gasteiger partial charge is 0.410 e. The number of thiazole rings is 1. The molecule has 1 aliphatic heterocycles. The molecule has 0 radical (unpaired) electrons. The van der Waals surface area contributed by atoms with E-state index in [1.807, 2.05) is 31.9 Å². The van der Waals surface area contributed by atoms with Gasteiger partial charge in [0.1, 0.15) is 10.6 Å². The van der Waals surface area contributed by atoms with Gasteiger partial charge in [-0.3, -0.25) is 4.99 Å². The van der Waals surface area contributed by atoms with E-state index in [4.69, 9.17) is 4.74 Å². The summed E-state index contributed by atoms with van der Waals surface area (Å²) in [6.07, 6.45) is 4.69. The zero-order chi connectivity index (χ0) is 19.9. The lowest BCUT2D eigenvalue weighted by Gasteiger charge is -2.33. The van der Waals surface area contributed by atoms with Crippen LogP contribution >= 0.6 is 35.3 Å². The van der Waals surface area contributed by atoms with Crippen molar-refractivity contribution >= 4 is 47.4 Å². The van der Waals surface area contributed by atoms with Crippen molar-refractivity contribution in [2.75, 3.05) is 26.7 Å². The van der Waals surface area contributed by atoms with Gasteiger partial charge < -0.3 is 20.3 Å². The van der Waals surface area contributed by atoms with Crippen molar-refractivity contribution in [3.63, 3.8) is 0 Å². The van der Waals surface area contributed by atoms with E-state index in [9.17, 15) is 4.79 Å². The average molecular weight is 523 g/mol. The predicted molar refractivity (Wildman–Crippen MR) is 126 cm³/mol. The van der Waals surface area contributed by atoms with Gasteiger partial charge in [0.05, 0.1) is 6.54 Å². The van der Waals surface area contributed by atoms with Crippen LogP contribution in [0.5, 0.6) is 0 Å². The molecule has 1 aromatic rings. The standard InChI is InChI=1S/C19H33N5O2S.HI/c1-6-15-12-21-16(27-15)13-23-17(20-5)22-11-14-7-9-24(10-8-14)18(25)26-19(2,3)4;/h12,14H,6-11,13H2,1-5H3,(H2,20,22,23);1H. The molecule has 28 heavy (non-hydrogen) atoms. The van der Waals surface area contributed by atoms with E-state index in [1.165, 1.54) is 4.88 Å². The first kappa shape index (κ1) is 24.9. The predicted octanol–water partition coefficient (Wildman–Crippen LogP) is 3.64. The molecule has 7 nitrogen and oxygen atoms in total. The Morgan fingerprint density at radius 3 is 2.57 bits per heavy atom. The van der Waals surface area contributed by atoms with E-state index < -0.39 is 5.60 Å². The Hall–Kier alpha value is -1.10. The molecule has 0 bridgehead atoms. The van der Waals surface area contributed by atoms with Crippen LogP contribution in [0.3, 0.4) is 0 Å². The van der Waals surface area contributed by atoms with E-state index in [0.29, 0.717) is 12.5 Å². The average Bonchev–Trinajstić information content (AvgIpc) is 3.09. The molecule has 160 valence electrons. The fourth-order valence-electron chi connectivity index (χ4n) is 2.86. The van der Waals surface area contributed by atoms with Crippen molar-refractivity contribution in [3.05, 3.63) is 16.1 Å². The molecule has 0 spiro atoms. The third-order valence-electron chi connectivity index (χ3n) is 4.40. The van der Waals surface area contributed by atoms with Crippen LogP contribution in [0.15, 0.2) is 11.2 Å². The van der Waals surface area contributed by atoms with E-state index in [1.54, 1.807) is 18.4 Å². The third kappa shape index (κ3) is 8.50. The molecule has 1 amide bonds. The molecule has 0 aliphatic carbocycles. The number of likely N-dealkylation sites (tertiary alicyclic amines) is 1. The Labute approximate surface area is 189 Å². The maximum atomic E-state index is 12.1. The summed E-state index contributed by atoms with van der Waals surface area (Å²) in [7, 11) is 1.78. The van der Waals surface area contributed by atoms with Crippen molar-refractivity contribution < 1.29 is 9.53 Å². The molecule has 0 saturated carbocycles. The van der Waals surface area contributed by atoms with Gasteiger partial charge in [0, 0.05) is 37.8 Å². The second-order valence-corrected chi connectivity index (χ2v) is 8.99. The molecule has 1 fully saturated rings. The number of hydrogen-bond acceptors (Lipinski definition) is 5. The number of nitrogens with zero attached hydrogens (tertiary/aromatic N) is 3. The lowest BCUT2D eigenvalue weighted by Crippen LogP contribution is -2.45. The van der Waals surface area contributed by atoms with Crippen molar-refractivity contribution in [3.8, 4) is 0 Å². The Kier molecular flexibility index (Phi) is 10.5. The monoisotopic (exact) mass is 523 g/mol. The topological polar surface area (TPSA) is 78.9 Å². The van der Waals surface area contributed by atoms with Crippen LogP contribution in [0, 0.1) is 5.92 Å². The summed E-state index contributed by atoms with van der Waals surface area (Å²) in [5.74, 6) is 1.31. The van der Waals surface area contributed by atoms with E-state index in [2.05, 4.69) is 27.5 Å². The second-order valence-electron chi connectivity index (χ2n) is 7.79. The van der Waals surface area contributed by atoms with Gasteiger partial charge in [-0.05, 0) is 46.0 Å². The van der Waals surface area contributed by atoms with Gasteiger partial charge in [0.25, 0.3) is 0 Å². The number of halogens is 1. The van der Waals surface area contributed by atoms with Gasteiger partial charge in [0.2, 0.25) is 0 Å². The summed E-state index contributed by atoms with van der Waals surface area (Å²) in [6.45, 7) is 10.8. The molecule has 9 heteroatoms. The molecule has 2 N–H and O–H groups in total. The van der Waals surface area contributed by atoms with Crippen LogP contribution in [0.2, 0.25) is 0 Å². The summed E-state index contributed by atoms with van der Waals surface area (Å²) >= 11 is 1.73. The van der Waals surface area contributed by atoms with E-state index in [0.717, 1.165) is 49.9 Å². The number of nitrogens with one attached hydrogen (secondary N) is 2. The van der Waals surface area contributed by atoms with Gasteiger partial charge in [-0.1, -0.05) is 6.92 Å². The Morgan fingerprint density at radius 2 is 2.04 bits per heavy atom. The molecular weight excluding hydrogens is 489 g/mol. The van der Waals surface area contributed by atoms with Crippen LogP contribution in [0.4, 0.5) is 4.79 Å². The molecule has 0 aromatic carbocycles. The number of aryl methyl sites for hydroxylation is 1. The van der Waals surface area contributed by atoms with Gasteiger partial charge in [-0.15, -0.1) is 35.3 Å². The Morgan fingerprint density at radius 1 is 1.36 bits per heavy atom. The fraction of sp³-hybridized carbons (Fsp3) is 0.737. The molecule has 2 heterocycles. The van der Waals surface area contributed by atoms with Crippen LogP contribution in [-0.4, -0.2) is 54.2 Å². The Bertz CT molecular complexity index is 637. The minimum Gasteiger partial charge on any atom is -0.444 e. The number of aromatic nitrogens is 1. The maximum absolute atomic E-state index is 12.1. The van der Waals surface area contributed by atoms with Gasteiger partial charge in [-0.2, -0.15) is 0 Å². The molecule has 1 saturated heterocycles. The number of hydrogen-bond donors (Lipinski definition) is 2. The normalized spacial score (nSPS) is 15.8. The number of amides is 1. The highest BCUT2D eigenvalue weighted by Gasteiger charge is 2.26. The summed E-state index contributed by atoms with van der Waals surface area (Å²) in [5, 5.41) is 7.78. The van der Waals surface area contributed by atoms with E-state index >= 15 is 0 Å². The first-order valence-electron chi connectivity index (χ1n) is 9.66. The summed E-state index contributed by atoms with van der Waals surface area (Å²) < 4.78 is 5.45. The highest BCUT2D eigenvalue weighted by atomic mass is 127. The van der Waals surface area contributed by atoms with Crippen LogP contribution in [0.25, 0.3) is 0 Å². The SMILES string of the molecule is CCc1cnc(CNC(=NC)NCC2CCN(C(=O)OC(C)(C)C)CC2)s1.I. The lowest BCUT2D eigenvalue weighted by atomic mass is 9.97. The number of carbonyl (C=O) groups is 1. The summed E-state index contributed by atoms with van der Waals surface area (Å²) in [6, 6.07) is 0. The van der Waals surface area contributed by atoms with Crippen LogP contribution < -0.4 is 10.6 Å². The minimum atomic E-state index is -0.442. The molecule has 0 atom stereocenters. The van der Waals surface area contributed by atoms with Crippen LogP contribution in [0.1, 0.15) is 50.4 Å². The number of carbonyl (C=O) groups excluding carboxylic acids is 1. The third-order valence-corrected chi connectivity index (χ3v) is 5.55. The van der Waals surface area contributed by atoms with Crippen molar-refractivity contribution in [2.24, 2.45) is 10.9 Å². The quantitative estimate of drug-likeness (QED) is 0.350. The van der Waals surface area contributed by atoms with Gasteiger partial charge in [-0.25, -0.2) is 9.78 Å². The molecular formula is C19H34IN5O2S. The van der Waals surface area contributed by atoms with E-state index in [-0.39, 0.29) is 30.1 Å². The van der Waals surface area contributed by atoms with Crippen molar-refractivity contribution in [2.45, 2.75) is 59.1 Å². The highest BCUT2D eigenvalue weighted by Crippen LogP contribution is 2.19. The van der Waals surface area contributed by atoms with Gasteiger partial charge >= 0.3 is 6.09 Å². The van der Waals surface area contributed by atoms with Crippen molar-refractivity contribution in [1.82, 2.24) is 20.5 Å². The second kappa shape index (κ2) is 11.8. The summed E-state index contributed by atoms with van der Waals surface area (Å²) in [5.41, 5.74) is -0.442. The van der Waals surface area contributed by atoms with Crippen molar-refractivity contribution in [1.29, 1.82) is 0 Å². The first-order chi connectivity index (χ1) is 12.8. The number of ether oxygens (including phenoxy) is 1. The van der Waals surface area contributed by atoms with Crippen LogP contribution in [-0.2, 0) is 17.7 Å². The lowest BCUT2D eigenvalue weighted by molar-refractivity contribution is 0.0185. The number of piperidine rings is 1.